The van der Waals surface area contributed by atoms with Crippen LogP contribution < -0.4 is 10.6 Å². The highest BCUT2D eigenvalue weighted by atomic mass is 35.5. The van der Waals surface area contributed by atoms with Crippen LogP contribution in [0, 0.1) is 0 Å². The fourth-order valence-electron chi connectivity index (χ4n) is 5.03. The molecule has 0 aliphatic heterocycles. The third-order valence-electron chi connectivity index (χ3n) is 7.24. The number of phenols is 3. The Hall–Kier alpha value is -5.85. The number of aliphatic carboxylic acids is 1. The van der Waals surface area contributed by atoms with Gasteiger partial charge in [0.05, 0.1) is 21.1 Å². The highest BCUT2D eigenvalue weighted by molar-refractivity contribution is 6.40. The Bertz CT molecular complexity index is 2080. The van der Waals surface area contributed by atoms with Crippen LogP contribution in [0.15, 0.2) is 84.9 Å². The number of nitrogens with zero attached hydrogens (tertiary/aromatic N) is 1. The lowest BCUT2D eigenvalue weighted by molar-refractivity contribution is -0.139. The molecule has 1 aromatic heterocycles. The zero-order valence-electron chi connectivity index (χ0n) is 24.6. The lowest BCUT2D eigenvalue weighted by Crippen LogP contribution is -2.43. The number of halogens is 2. The number of rotatable bonds is 10. The highest BCUT2D eigenvalue weighted by Crippen LogP contribution is 2.29. The number of carboxylic acid groups (broad SMARTS) is 1. The lowest BCUT2D eigenvalue weighted by atomic mass is 10.0. The van der Waals surface area contributed by atoms with Crippen LogP contribution in [0.3, 0.4) is 0 Å². The summed E-state index contributed by atoms with van der Waals surface area (Å²) >= 11 is 12.7. The molecular weight excluding hydrogens is 665 g/mol. The molecule has 6 N–H and O–H groups in total. The number of aromatic hydroxyl groups is 3. The van der Waals surface area contributed by atoms with Crippen molar-refractivity contribution in [1.29, 1.82) is 0 Å². The monoisotopic (exact) mass is 689 g/mol. The molecule has 2 amide bonds. The molecule has 0 radical (unpaired) electrons. The number of aromatic nitrogens is 1. The molecule has 1 unspecified atom stereocenters. The molecule has 0 aliphatic rings. The van der Waals surface area contributed by atoms with Gasteiger partial charge < -0.3 is 31.1 Å². The van der Waals surface area contributed by atoms with Gasteiger partial charge in [0.1, 0.15) is 29.0 Å². The van der Waals surface area contributed by atoms with Crippen molar-refractivity contribution >= 4 is 63.6 Å². The standard InChI is InChI=1S/C34H25Cl2N3O9/c35-24-11-19(31(44)37-16-17-4-3-6-21(40)8-17)12-25(36)30(24)29(43)15-26(34(47)48)38-32(45)28-13-18-5-1-2-7-27(18)39(28)33(46)20-9-22(41)14-23(42)10-20/h1-14,26,40-42H,15-16H2,(H,37,44)(H,38,45)(H,47,48). The van der Waals surface area contributed by atoms with Crippen molar-refractivity contribution in [3.63, 3.8) is 0 Å². The van der Waals surface area contributed by atoms with Crippen LogP contribution in [-0.4, -0.2) is 60.5 Å². The summed E-state index contributed by atoms with van der Waals surface area (Å²) in [6.07, 6.45) is -0.793. The first-order chi connectivity index (χ1) is 22.8. The van der Waals surface area contributed by atoms with E-state index in [1.54, 1.807) is 36.4 Å². The topological polar surface area (TPSA) is 195 Å². The van der Waals surface area contributed by atoms with E-state index >= 15 is 0 Å². The highest BCUT2D eigenvalue weighted by Gasteiger charge is 2.30. The number of hydrogen-bond donors (Lipinski definition) is 6. The van der Waals surface area contributed by atoms with Gasteiger partial charge >= 0.3 is 5.97 Å². The van der Waals surface area contributed by atoms with Gasteiger partial charge in [-0.25, -0.2) is 4.79 Å². The average Bonchev–Trinajstić information content (AvgIpc) is 3.42. The average molecular weight is 690 g/mol. The SMILES string of the molecule is O=C(NCc1cccc(O)c1)c1cc(Cl)c(C(=O)CC(NC(=O)c2cc3ccccc3n2C(=O)c2cc(O)cc(O)c2)C(=O)O)c(Cl)c1. The molecule has 0 fully saturated rings. The zero-order chi connectivity index (χ0) is 34.7. The second-order valence-corrected chi connectivity index (χ2v) is 11.4. The third-order valence-corrected chi connectivity index (χ3v) is 7.83. The maximum Gasteiger partial charge on any atom is 0.326 e. The fourth-order valence-corrected chi connectivity index (χ4v) is 5.73. The maximum atomic E-state index is 13.5. The van der Waals surface area contributed by atoms with Crippen molar-refractivity contribution in [2.24, 2.45) is 0 Å². The number of carbonyl (C=O) groups excluding carboxylic acids is 4. The Balaban J connectivity index is 1.36. The molecule has 48 heavy (non-hydrogen) atoms. The summed E-state index contributed by atoms with van der Waals surface area (Å²) in [6, 6.07) is 17.8. The Morgan fingerprint density at radius 3 is 2.04 bits per heavy atom. The summed E-state index contributed by atoms with van der Waals surface area (Å²) in [6.45, 7) is 0.0734. The zero-order valence-corrected chi connectivity index (χ0v) is 26.1. The van der Waals surface area contributed by atoms with Crippen LogP contribution in [0.5, 0.6) is 17.2 Å². The van der Waals surface area contributed by atoms with Crippen molar-refractivity contribution in [3.8, 4) is 17.2 Å². The molecule has 0 saturated carbocycles. The van der Waals surface area contributed by atoms with Crippen LogP contribution in [-0.2, 0) is 11.3 Å². The number of nitrogens with one attached hydrogen (secondary N) is 2. The van der Waals surface area contributed by atoms with Gasteiger partial charge in [0.15, 0.2) is 5.78 Å². The Morgan fingerprint density at radius 1 is 0.729 bits per heavy atom. The van der Waals surface area contributed by atoms with Crippen molar-refractivity contribution in [1.82, 2.24) is 15.2 Å². The Labute approximate surface area is 281 Å². The number of para-hydroxylation sites is 1. The van der Waals surface area contributed by atoms with Gasteiger partial charge in [-0.3, -0.25) is 23.7 Å². The van der Waals surface area contributed by atoms with Gasteiger partial charge in [-0.2, -0.15) is 0 Å². The minimum absolute atomic E-state index is 0.0161. The normalized spacial score (nSPS) is 11.5. The van der Waals surface area contributed by atoms with Crippen LogP contribution in [0.1, 0.15) is 53.5 Å². The van der Waals surface area contributed by atoms with Crippen molar-refractivity contribution in [3.05, 3.63) is 123 Å². The molecule has 244 valence electrons. The van der Waals surface area contributed by atoms with E-state index in [9.17, 15) is 44.4 Å². The van der Waals surface area contributed by atoms with Crippen molar-refractivity contribution in [2.75, 3.05) is 0 Å². The van der Waals surface area contributed by atoms with Crippen LogP contribution >= 0.6 is 23.2 Å². The molecule has 0 spiro atoms. The number of carboxylic acids is 1. The number of phenolic OH excluding ortho intramolecular Hbond substituents is 3. The number of hydrogen-bond acceptors (Lipinski definition) is 8. The molecule has 0 aliphatic carbocycles. The van der Waals surface area contributed by atoms with Crippen LogP contribution in [0.2, 0.25) is 10.0 Å². The molecule has 1 heterocycles. The molecule has 14 heteroatoms. The molecule has 0 bridgehead atoms. The van der Waals surface area contributed by atoms with E-state index in [-0.39, 0.29) is 50.2 Å². The second-order valence-electron chi connectivity index (χ2n) is 10.6. The van der Waals surface area contributed by atoms with Gasteiger partial charge in [0.25, 0.3) is 17.7 Å². The van der Waals surface area contributed by atoms with Gasteiger partial charge in [-0.05, 0) is 54.1 Å². The number of benzene rings is 4. The minimum atomic E-state index is -1.80. The predicted molar refractivity (Wildman–Crippen MR) is 175 cm³/mol. The van der Waals surface area contributed by atoms with E-state index in [1.165, 1.54) is 30.3 Å². The quantitative estimate of drug-likeness (QED) is 0.108. The summed E-state index contributed by atoms with van der Waals surface area (Å²) < 4.78 is 0.998. The Morgan fingerprint density at radius 2 is 1.40 bits per heavy atom. The van der Waals surface area contributed by atoms with E-state index in [2.05, 4.69) is 10.6 Å². The fraction of sp³-hybridized carbons (Fsp3) is 0.0882. The van der Waals surface area contributed by atoms with Gasteiger partial charge in [0, 0.05) is 35.5 Å². The van der Waals surface area contributed by atoms with E-state index in [4.69, 9.17) is 23.2 Å². The van der Waals surface area contributed by atoms with E-state index in [0.717, 1.165) is 22.8 Å². The number of Topliss-reactive ketones (excluding diaryl/α,β-unsaturated/α-hetero) is 1. The van der Waals surface area contributed by atoms with Gasteiger partial charge in [-0.15, -0.1) is 0 Å². The molecule has 12 nitrogen and oxygen atoms in total. The van der Waals surface area contributed by atoms with E-state index in [0.29, 0.717) is 10.9 Å². The third kappa shape index (κ3) is 7.25. The molecule has 5 rings (SSSR count). The van der Waals surface area contributed by atoms with Gasteiger partial charge in [0.2, 0.25) is 0 Å². The Kier molecular flexibility index (Phi) is 9.69. The molecule has 5 aromatic rings. The summed E-state index contributed by atoms with van der Waals surface area (Å²) in [4.78, 5) is 65.3. The van der Waals surface area contributed by atoms with Gasteiger partial charge in [-0.1, -0.05) is 53.5 Å². The molecule has 4 aromatic carbocycles. The summed E-state index contributed by atoms with van der Waals surface area (Å²) in [7, 11) is 0. The smallest absolute Gasteiger partial charge is 0.326 e. The maximum absolute atomic E-state index is 13.5. The predicted octanol–water partition coefficient (Wildman–Crippen LogP) is 5.14. The van der Waals surface area contributed by atoms with E-state index < -0.39 is 53.4 Å². The molecule has 1 atom stereocenters. The van der Waals surface area contributed by atoms with Crippen molar-refractivity contribution < 1.29 is 44.4 Å². The largest absolute Gasteiger partial charge is 0.508 e. The first kappa shape index (κ1) is 33.5. The van der Waals surface area contributed by atoms with Crippen LogP contribution in [0.25, 0.3) is 10.9 Å². The number of carbonyl (C=O) groups is 5. The first-order valence-corrected chi connectivity index (χ1v) is 14.9. The number of amides is 2. The molecular formula is C34H25Cl2N3O9. The van der Waals surface area contributed by atoms with E-state index in [1.807, 2.05) is 0 Å². The second kappa shape index (κ2) is 13.9. The minimum Gasteiger partial charge on any atom is -0.508 e. The summed E-state index contributed by atoms with van der Waals surface area (Å²) in [5.74, 6) is -5.59. The summed E-state index contributed by atoms with van der Waals surface area (Å²) in [5.41, 5.74) is 0.216. The first-order valence-electron chi connectivity index (χ1n) is 14.1. The lowest BCUT2D eigenvalue weighted by Gasteiger charge is -2.16. The number of ketones is 1. The van der Waals surface area contributed by atoms with Crippen molar-refractivity contribution in [2.45, 2.75) is 19.0 Å². The summed E-state index contributed by atoms with van der Waals surface area (Å²) in [5, 5.41) is 44.2. The molecule has 0 saturated heterocycles. The number of fused-ring (bicyclic) bond motifs is 1. The van der Waals surface area contributed by atoms with Crippen LogP contribution in [0.4, 0.5) is 0 Å².